The fraction of sp³-hybridized carbons (Fsp3) is 0.929. The van der Waals surface area contributed by atoms with Gasteiger partial charge in [-0.2, -0.15) is 0 Å². The van der Waals surface area contributed by atoms with E-state index in [1.807, 2.05) is 4.90 Å². The molecule has 1 amide bonds. The Hall–Kier alpha value is -0.610. The van der Waals surface area contributed by atoms with Crippen LogP contribution in [-0.2, 0) is 4.79 Å². The van der Waals surface area contributed by atoms with E-state index in [2.05, 4.69) is 11.9 Å². The maximum absolute atomic E-state index is 12.1. The number of piperidine rings is 2. The number of carbonyl (C=O) groups is 1. The molecule has 4 heteroatoms. The first-order valence-corrected chi connectivity index (χ1v) is 7.29. The molecule has 0 aromatic rings. The minimum atomic E-state index is -0.302. The second-order valence-corrected chi connectivity index (χ2v) is 5.94. The lowest BCUT2D eigenvalue weighted by atomic mass is 9.93. The molecule has 2 atom stereocenters. The molecule has 0 aliphatic carbocycles. The molecule has 0 spiro atoms. The summed E-state index contributed by atoms with van der Waals surface area (Å²) in [4.78, 5) is 16.3. The molecule has 2 rings (SSSR count). The van der Waals surface area contributed by atoms with Crippen molar-refractivity contribution in [2.45, 2.75) is 44.6 Å². The number of β-amino-alcohol motifs (C(OH)–C–C–N with tert-alkyl or cyclic N) is 1. The second-order valence-electron chi connectivity index (χ2n) is 5.94. The van der Waals surface area contributed by atoms with Crippen LogP contribution in [0.5, 0.6) is 0 Å². The summed E-state index contributed by atoms with van der Waals surface area (Å²) in [6.45, 7) is 3.71. The number of hydrogen-bond donors (Lipinski definition) is 1. The zero-order valence-corrected chi connectivity index (χ0v) is 11.5. The summed E-state index contributed by atoms with van der Waals surface area (Å²) >= 11 is 0. The summed E-state index contributed by atoms with van der Waals surface area (Å²) < 4.78 is 0. The zero-order chi connectivity index (χ0) is 13.0. The number of hydrogen-bond acceptors (Lipinski definition) is 3. The Morgan fingerprint density at radius 3 is 2.72 bits per heavy atom. The highest BCUT2D eigenvalue weighted by Gasteiger charge is 2.23. The molecule has 0 bridgehead atoms. The first-order chi connectivity index (χ1) is 8.65. The Morgan fingerprint density at radius 1 is 1.22 bits per heavy atom. The first kappa shape index (κ1) is 13.8. The van der Waals surface area contributed by atoms with Crippen LogP contribution in [0, 0.1) is 5.92 Å². The SMILES string of the molecule is CN1CCCC(CCC(=O)N2CCCC(O)C2)C1. The third kappa shape index (κ3) is 3.95. The van der Waals surface area contributed by atoms with Gasteiger partial charge in [0, 0.05) is 26.1 Å². The van der Waals surface area contributed by atoms with Crippen LogP contribution in [0.25, 0.3) is 0 Å². The number of nitrogens with zero attached hydrogens (tertiary/aromatic N) is 2. The van der Waals surface area contributed by atoms with Gasteiger partial charge < -0.3 is 14.9 Å². The van der Waals surface area contributed by atoms with Crippen LogP contribution in [0.15, 0.2) is 0 Å². The lowest BCUT2D eigenvalue weighted by Crippen LogP contribution is -2.42. The highest BCUT2D eigenvalue weighted by Crippen LogP contribution is 2.21. The van der Waals surface area contributed by atoms with E-state index >= 15 is 0 Å². The second kappa shape index (κ2) is 6.53. The maximum Gasteiger partial charge on any atom is 0.222 e. The van der Waals surface area contributed by atoms with Gasteiger partial charge in [-0.15, -0.1) is 0 Å². The van der Waals surface area contributed by atoms with E-state index in [1.165, 1.54) is 19.4 Å². The highest BCUT2D eigenvalue weighted by molar-refractivity contribution is 5.76. The van der Waals surface area contributed by atoms with Crippen molar-refractivity contribution in [2.75, 3.05) is 33.2 Å². The summed E-state index contributed by atoms with van der Waals surface area (Å²) in [5.74, 6) is 0.921. The van der Waals surface area contributed by atoms with E-state index in [1.54, 1.807) is 0 Å². The summed E-state index contributed by atoms with van der Waals surface area (Å²) in [5, 5.41) is 9.58. The molecular formula is C14H26N2O2. The molecular weight excluding hydrogens is 228 g/mol. The van der Waals surface area contributed by atoms with Gasteiger partial charge in [-0.05, 0) is 51.6 Å². The van der Waals surface area contributed by atoms with Crippen LogP contribution in [-0.4, -0.2) is 60.1 Å². The summed E-state index contributed by atoms with van der Waals surface area (Å²) in [6.07, 6.45) is 5.68. The molecule has 2 aliphatic heterocycles. The van der Waals surface area contributed by atoms with Crippen LogP contribution in [0.1, 0.15) is 38.5 Å². The third-order valence-corrected chi connectivity index (χ3v) is 4.24. The van der Waals surface area contributed by atoms with Gasteiger partial charge in [0.25, 0.3) is 0 Å². The largest absolute Gasteiger partial charge is 0.391 e. The highest BCUT2D eigenvalue weighted by atomic mass is 16.3. The number of rotatable bonds is 3. The summed E-state index contributed by atoms with van der Waals surface area (Å²) in [7, 11) is 2.16. The Bertz CT molecular complexity index is 283. The minimum absolute atomic E-state index is 0.238. The fourth-order valence-corrected chi connectivity index (χ4v) is 3.18. The molecule has 0 radical (unpaired) electrons. The van der Waals surface area contributed by atoms with E-state index < -0.39 is 0 Å². The van der Waals surface area contributed by atoms with Crippen LogP contribution < -0.4 is 0 Å². The van der Waals surface area contributed by atoms with Crippen LogP contribution >= 0.6 is 0 Å². The molecule has 104 valence electrons. The van der Waals surface area contributed by atoms with E-state index in [0.29, 0.717) is 18.9 Å². The third-order valence-electron chi connectivity index (χ3n) is 4.24. The first-order valence-electron chi connectivity index (χ1n) is 7.29. The van der Waals surface area contributed by atoms with Gasteiger partial charge in [0.1, 0.15) is 0 Å². The maximum atomic E-state index is 12.1. The molecule has 1 N–H and O–H groups in total. The molecule has 2 unspecified atom stereocenters. The summed E-state index contributed by atoms with van der Waals surface area (Å²) in [5.41, 5.74) is 0. The Balaban J connectivity index is 1.70. The Kier molecular flexibility index (Phi) is 5.01. The van der Waals surface area contributed by atoms with E-state index in [-0.39, 0.29) is 12.0 Å². The van der Waals surface area contributed by atoms with Gasteiger partial charge in [-0.3, -0.25) is 4.79 Å². The molecule has 18 heavy (non-hydrogen) atoms. The Morgan fingerprint density at radius 2 is 2.00 bits per heavy atom. The van der Waals surface area contributed by atoms with Gasteiger partial charge in [0.2, 0.25) is 5.91 Å². The molecule has 2 aliphatic rings. The van der Waals surface area contributed by atoms with Crippen molar-refractivity contribution in [3.8, 4) is 0 Å². The molecule has 0 aromatic heterocycles. The molecule has 0 aromatic carbocycles. The van der Waals surface area contributed by atoms with E-state index in [9.17, 15) is 9.90 Å². The predicted octanol–water partition coefficient (Wildman–Crippen LogP) is 1.09. The number of amides is 1. The van der Waals surface area contributed by atoms with Crippen LogP contribution in [0.2, 0.25) is 0 Å². The van der Waals surface area contributed by atoms with Crippen molar-refractivity contribution in [1.29, 1.82) is 0 Å². The van der Waals surface area contributed by atoms with Gasteiger partial charge >= 0.3 is 0 Å². The number of likely N-dealkylation sites (tertiary alicyclic amines) is 2. The standard InChI is InChI=1S/C14H26N2O2/c1-15-8-2-4-12(10-15)6-7-14(18)16-9-3-5-13(17)11-16/h12-13,17H,2-11H2,1H3. The Labute approximate surface area is 110 Å². The lowest BCUT2D eigenvalue weighted by Gasteiger charge is -2.32. The predicted molar refractivity (Wildman–Crippen MR) is 71.3 cm³/mol. The average molecular weight is 254 g/mol. The van der Waals surface area contributed by atoms with Gasteiger partial charge in [-0.25, -0.2) is 0 Å². The molecule has 4 nitrogen and oxygen atoms in total. The van der Waals surface area contributed by atoms with Gasteiger partial charge in [0.05, 0.1) is 6.10 Å². The van der Waals surface area contributed by atoms with Crippen LogP contribution in [0.3, 0.4) is 0 Å². The van der Waals surface area contributed by atoms with Crippen molar-refractivity contribution >= 4 is 5.91 Å². The quantitative estimate of drug-likeness (QED) is 0.820. The number of aliphatic hydroxyl groups excluding tert-OH is 1. The smallest absolute Gasteiger partial charge is 0.222 e. The van der Waals surface area contributed by atoms with Gasteiger partial charge in [-0.1, -0.05) is 0 Å². The summed E-state index contributed by atoms with van der Waals surface area (Å²) in [6, 6.07) is 0. The van der Waals surface area contributed by atoms with Crippen molar-refractivity contribution < 1.29 is 9.90 Å². The van der Waals surface area contributed by atoms with E-state index in [0.717, 1.165) is 32.4 Å². The molecule has 2 fully saturated rings. The van der Waals surface area contributed by atoms with Crippen molar-refractivity contribution in [3.05, 3.63) is 0 Å². The van der Waals surface area contributed by atoms with Gasteiger partial charge in [0.15, 0.2) is 0 Å². The molecule has 0 saturated carbocycles. The number of aliphatic hydroxyl groups is 1. The average Bonchev–Trinajstić information content (AvgIpc) is 2.36. The molecule has 2 saturated heterocycles. The van der Waals surface area contributed by atoms with E-state index in [4.69, 9.17) is 0 Å². The topological polar surface area (TPSA) is 43.8 Å². The lowest BCUT2D eigenvalue weighted by molar-refractivity contribution is -0.134. The fourth-order valence-electron chi connectivity index (χ4n) is 3.18. The zero-order valence-electron chi connectivity index (χ0n) is 11.5. The number of carbonyl (C=O) groups excluding carboxylic acids is 1. The van der Waals surface area contributed by atoms with Crippen molar-refractivity contribution in [2.24, 2.45) is 5.92 Å². The van der Waals surface area contributed by atoms with Crippen molar-refractivity contribution in [1.82, 2.24) is 9.80 Å². The van der Waals surface area contributed by atoms with Crippen LogP contribution in [0.4, 0.5) is 0 Å². The monoisotopic (exact) mass is 254 g/mol. The normalized spacial score (nSPS) is 30.4. The minimum Gasteiger partial charge on any atom is -0.391 e. The van der Waals surface area contributed by atoms with Crippen molar-refractivity contribution in [3.63, 3.8) is 0 Å². The molecule has 2 heterocycles.